The first-order valence-corrected chi connectivity index (χ1v) is 10.8. The number of ether oxygens (including phenoxy) is 1. The van der Waals surface area contributed by atoms with Gasteiger partial charge in [0.1, 0.15) is 6.79 Å². The Morgan fingerprint density at radius 3 is 2.77 bits per heavy atom. The van der Waals surface area contributed by atoms with E-state index in [1.54, 1.807) is 11.6 Å². The molecule has 0 amide bonds. The van der Waals surface area contributed by atoms with Crippen molar-refractivity contribution in [2.45, 2.75) is 50.0 Å². The van der Waals surface area contributed by atoms with Crippen LogP contribution in [0.2, 0.25) is 0 Å². The van der Waals surface area contributed by atoms with Crippen molar-refractivity contribution < 1.29 is 13.9 Å². The molecule has 31 heavy (non-hydrogen) atoms. The Morgan fingerprint density at radius 2 is 2.10 bits per heavy atom. The van der Waals surface area contributed by atoms with Crippen molar-refractivity contribution in [1.29, 1.82) is 5.26 Å². The minimum atomic E-state index is -0.317. The number of hydrogen-bond acceptors (Lipinski definition) is 7. The highest BCUT2D eigenvalue weighted by Crippen LogP contribution is 2.52. The molecule has 170 valence electrons. The topological polar surface area (TPSA) is 109 Å². The summed E-state index contributed by atoms with van der Waals surface area (Å²) < 4.78 is 11.9. The molecular formula is C23H34N4O4. The SMILES string of the molecule is C1CNCCOC1.C=O.CNC(C#N)CCCC1(c2ccc3oc(=O)n(C)c3c2)CC1. The van der Waals surface area contributed by atoms with E-state index >= 15 is 0 Å². The molecule has 2 aromatic rings. The van der Waals surface area contributed by atoms with E-state index in [9.17, 15) is 4.79 Å². The van der Waals surface area contributed by atoms with Crippen molar-refractivity contribution in [2.24, 2.45) is 7.05 Å². The summed E-state index contributed by atoms with van der Waals surface area (Å²) in [4.78, 5) is 19.6. The number of fused-ring (bicyclic) bond motifs is 1. The van der Waals surface area contributed by atoms with Crippen molar-refractivity contribution in [1.82, 2.24) is 15.2 Å². The Bertz CT molecular complexity index is 891. The monoisotopic (exact) mass is 430 g/mol. The van der Waals surface area contributed by atoms with E-state index in [4.69, 9.17) is 19.2 Å². The van der Waals surface area contributed by atoms with Gasteiger partial charge in [-0.3, -0.25) is 4.57 Å². The molecule has 1 saturated carbocycles. The highest BCUT2D eigenvalue weighted by Gasteiger charge is 2.43. The summed E-state index contributed by atoms with van der Waals surface area (Å²) in [7, 11) is 3.57. The zero-order valence-corrected chi connectivity index (χ0v) is 18.6. The molecule has 8 nitrogen and oxygen atoms in total. The zero-order valence-electron chi connectivity index (χ0n) is 18.6. The normalized spacial score (nSPS) is 17.8. The molecule has 2 heterocycles. The largest absolute Gasteiger partial charge is 0.419 e. The first-order chi connectivity index (χ1) is 15.1. The molecule has 1 aliphatic heterocycles. The maximum absolute atomic E-state index is 11.6. The van der Waals surface area contributed by atoms with Crippen LogP contribution in [0.3, 0.4) is 0 Å². The van der Waals surface area contributed by atoms with Crippen LogP contribution in [0.5, 0.6) is 0 Å². The van der Waals surface area contributed by atoms with Crippen LogP contribution < -0.4 is 16.4 Å². The predicted molar refractivity (Wildman–Crippen MR) is 120 cm³/mol. The van der Waals surface area contributed by atoms with E-state index in [0.717, 1.165) is 51.1 Å². The van der Waals surface area contributed by atoms with Gasteiger partial charge in [0.2, 0.25) is 0 Å². The van der Waals surface area contributed by atoms with Crippen LogP contribution in [0.4, 0.5) is 0 Å². The number of carbonyl (C=O) groups excluding carboxylic acids is 1. The molecule has 0 spiro atoms. The lowest BCUT2D eigenvalue weighted by Gasteiger charge is -2.16. The molecular weight excluding hydrogens is 396 g/mol. The number of hydrogen-bond donors (Lipinski definition) is 2. The van der Waals surface area contributed by atoms with E-state index in [0.29, 0.717) is 5.58 Å². The van der Waals surface area contributed by atoms with Gasteiger partial charge in [0, 0.05) is 20.2 Å². The molecule has 1 unspecified atom stereocenters. The van der Waals surface area contributed by atoms with Gasteiger partial charge in [-0.15, -0.1) is 0 Å². The Balaban J connectivity index is 0.000000319. The van der Waals surface area contributed by atoms with Gasteiger partial charge in [-0.25, -0.2) is 4.79 Å². The minimum Gasteiger partial charge on any atom is -0.408 e. The summed E-state index contributed by atoms with van der Waals surface area (Å²) in [6.45, 7) is 5.98. The molecule has 4 rings (SSSR count). The molecule has 1 saturated heterocycles. The number of carbonyl (C=O) groups is 1. The highest BCUT2D eigenvalue weighted by atomic mass is 16.5. The maximum atomic E-state index is 11.6. The summed E-state index contributed by atoms with van der Waals surface area (Å²) >= 11 is 0. The number of aryl methyl sites for hydroxylation is 1. The van der Waals surface area contributed by atoms with Crippen molar-refractivity contribution in [3.05, 3.63) is 34.3 Å². The maximum Gasteiger partial charge on any atom is 0.419 e. The lowest BCUT2D eigenvalue weighted by molar-refractivity contribution is -0.0979. The van der Waals surface area contributed by atoms with Gasteiger partial charge in [0.05, 0.1) is 24.2 Å². The van der Waals surface area contributed by atoms with Gasteiger partial charge in [0.15, 0.2) is 5.58 Å². The number of benzene rings is 1. The average molecular weight is 431 g/mol. The molecule has 0 bridgehead atoms. The smallest absolute Gasteiger partial charge is 0.408 e. The van der Waals surface area contributed by atoms with Gasteiger partial charge in [-0.05, 0) is 75.2 Å². The van der Waals surface area contributed by atoms with Crippen molar-refractivity contribution in [2.75, 3.05) is 33.4 Å². The number of rotatable bonds is 6. The number of nitriles is 1. The predicted octanol–water partition coefficient (Wildman–Crippen LogP) is 2.26. The minimum absolute atomic E-state index is 0.0621. The highest BCUT2D eigenvalue weighted by molar-refractivity contribution is 5.74. The fourth-order valence-corrected chi connectivity index (χ4v) is 3.88. The summed E-state index contributed by atoms with van der Waals surface area (Å²) in [6, 6.07) is 8.28. The van der Waals surface area contributed by atoms with Crippen molar-refractivity contribution in [3.63, 3.8) is 0 Å². The van der Waals surface area contributed by atoms with Crippen molar-refractivity contribution in [3.8, 4) is 6.07 Å². The fraction of sp³-hybridized carbons (Fsp3) is 0.609. The molecule has 2 N–H and O–H groups in total. The van der Waals surface area contributed by atoms with Crippen LogP contribution in [0.15, 0.2) is 27.4 Å². The molecule has 8 heteroatoms. The average Bonchev–Trinajstić information content (AvgIpc) is 3.59. The summed E-state index contributed by atoms with van der Waals surface area (Å²) in [6.07, 6.45) is 6.52. The summed E-state index contributed by atoms with van der Waals surface area (Å²) in [5.74, 6) is -0.317. The first kappa shape index (κ1) is 24.8. The van der Waals surface area contributed by atoms with E-state index in [-0.39, 0.29) is 17.2 Å². The van der Waals surface area contributed by atoms with Crippen LogP contribution in [0.25, 0.3) is 11.1 Å². The molecule has 1 aromatic carbocycles. The van der Waals surface area contributed by atoms with Gasteiger partial charge in [-0.1, -0.05) is 6.07 Å². The van der Waals surface area contributed by atoms with E-state index in [1.165, 1.54) is 24.8 Å². The van der Waals surface area contributed by atoms with Crippen LogP contribution in [-0.4, -0.2) is 50.7 Å². The van der Waals surface area contributed by atoms with Crippen LogP contribution >= 0.6 is 0 Å². The molecule has 0 radical (unpaired) electrons. The van der Waals surface area contributed by atoms with Gasteiger partial charge in [-0.2, -0.15) is 5.26 Å². The fourth-order valence-electron chi connectivity index (χ4n) is 3.88. The number of aromatic nitrogens is 1. The Labute approximate surface area is 183 Å². The van der Waals surface area contributed by atoms with Crippen LogP contribution in [0, 0.1) is 11.3 Å². The third-order valence-corrected chi connectivity index (χ3v) is 5.98. The first-order valence-electron chi connectivity index (χ1n) is 10.8. The van der Waals surface area contributed by atoms with E-state index in [2.05, 4.69) is 28.8 Å². The standard InChI is InChI=1S/C17H21N3O2.C5H11NO.CH2O/c1-19-13(11-18)4-3-7-17(8-9-17)12-5-6-15-14(10-12)20(2)16(21)22-15;1-2-6-3-5-7-4-1;1-2/h5-6,10,13,19H,3-4,7-9H2,1-2H3;6H,1-5H2;1H2. The molecule has 1 aliphatic carbocycles. The lowest BCUT2D eigenvalue weighted by Crippen LogP contribution is -2.23. The number of nitrogens with zero attached hydrogens (tertiary/aromatic N) is 2. The van der Waals surface area contributed by atoms with E-state index < -0.39 is 0 Å². The third-order valence-electron chi connectivity index (χ3n) is 5.98. The number of oxazole rings is 1. The van der Waals surface area contributed by atoms with Gasteiger partial charge in [0.25, 0.3) is 0 Å². The molecule has 1 atom stereocenters. The molecule has 2 fully saturated rings. The third kappa shape index (κ3) is 6.76. The van der Waals surface area contributed by atoms with E-state index in [1.807, 2.05) is 19.9 Å². The molecule has 2 aliphatic rings. The Hall–Kier alpha value is -2.47. The van der Waals surface area contributed by atoms with Gasteiger partial charge >= 0.3 is 5.76 Å². The van der Waals surface area contributed by atoms with Crippen molar-refractivity contribution >= 4 is 17.9 Å². The van der Waals surface area contributed by atoms with Crippen LogP contribution in [0.1, 0.15) is 44.1 Å². The second-order valence-electron chi connectivity index (χ2n) is 7.97. The second-order valence-corrected chi connectivity index (χ2v) is 7.97. The lowest BCUT2D eigenvalue weighted by atomic mass is 9.89. The Kier molecular flexibility index (Phi) is 9.92. The van der Waals surface area contributed by atoms with Crippen LogP contribution in [-0.2, 0) is 22.0 Å². The second kappa shape index (κ2) is 12.4. The molecule has 1 aromatic heterocycles. The zero-order chi connectivity index (χ0) is 22.7. The van der Waals surface area contributed by atoms with Gasteiger partial charge < -0.3 is 24.6 Å². The number of nitrogens with one attached hydrogen (secondary N) is 2. The summed E-state index contributed by atoms with van der Waals surface area (Å²) in [5.41, 5.74) is 3.02. The summed E-state index contributed by atoms with van der Waals surface area (Å²) in [5, 5.41) is 15.2. The quantitative estimate of drug-likeness (QED) is 0.723. The Morgan fingerprint density at radius 1 is 1.32 bits per heavy atom.